The number of fused-ring (bicyclic) bond motifs is 3. The molecule has 5 N–H and O–H groups in total. The van der Waals surface area contributed by atoms with Crippen molar-refractivity contribution in [2.24, 2.45) is 0 Å². The lowest BCUT2D eigenvalue weighted by Crippen LogP contribution is -2.37. The molecule has 146 valence electrons. The van der Waals surface area contributed by atoms with Gasteiger partial charge >= 0.3 is 0 Å². The van der Waals surface area contributed by atoms with Gasteiger partial charge in [0.1, 0.15) is 17.2 Å². The number of ketones is 1. The minimum absolute atomic E-state index is 0.00847. The number of phenolic OH excluding ortho intramolecular Hbond substituents is 2. The molecule has 0 unspecified atom stereocenters. The molecule has 28 heavy (non-hydrogen) atoms. The second-order valence-corrected chi connectivity index (χ2v) is 7.37. The molecule has 4 rings (SSSR count). The molecule has 2 aliphatic rings. The van der Waals surface area contributed by atoms with E-state index >= 15 is 0 Å². The second-order valence-electron chi connectivity index (χ2n) is 7.37. The molecular weight excluding hydrogens is 362 g/mol. The summed E-state index contributed by atoms with van der Waals surface area (Å²) < 4.78 is 5.29. The number of ether oxygens (including phenoxy) is 1. The first-order valence-corrected chi connectivity index (χ1v) is 9.07. The Balaban J connectivity index is 1.96. The molecule has 7 nitrogen and oxygen atoms in total. The molecule has 0 heterocycles. The summed E-state index contributed by atoms with van der Waals surface area (Å²) in [5.74, 6) is -0.701. The van der Waals surface area contributed by atoms with E-state index in [0.29, 0.717) is 23.3 Å². The van der Waals surface area contributed by atoms with Crippen molar-refractivity contribution in [3.63, 3.8) is 0 Å². The van der Waals surface area contributed by atoms with Gasteiger partial charge in [0.05, 0.1) is 35.1 Å². The minimum atomic E-state index is -1.22. The molecule has 0 spiro atoms. The molecule has 0 aromatic heterocycles. The molecule has 0 bridgehead atoms. The third-order valence-corrected chi connectivity index (χ3v) is 5.80. The van der Waals surface area contributed by atoms with Gasteiger partial charge in [0.15, 0.2) is 5.78 Å². The summed E-state index contributed by atoms with van der Waals surface area (Å²) in [6.07, 6.45) is 0.709. The van der Waals surface area contributed by atoms with E-state index in [9.17, 15) is 25.2 Å². The smallest absolute Gasteiger partial charge is 0.198 e. The van der Waals surface area contributed by atoms with Gasteiger partial charge in [-0.25, -0.2) is 0 Å². The Labute approximate surface area is 161 Å². The summed E-state index contributed by atoms with van der Waals surface area (Å²) in [5.41, 5.74) is -0.222. The third-order valence-electron chi connectivity index (χ3n) is 5.80. The van der Waals surface area contributed by atoms with E-state index in [1.807, 2.05) is 0 Å². The number of aliphatic hydroxyl groups is 2. The average molecular weight is 383 g/mol. The predicted octanol–water partition coefficient (Wildman–Crippen LogP) is 1.67. The van der Waals surface area contributed by atoms with Crippen molar-refractivity contribution in [3.05, 3.63) is 51.6 Å². The average Bonchev–Trinajstić information content (AvgIpc) is 2.68. The Morgan fingerprint density at radius 3 is 2.54 bits per heavy atom. The third kappa shape index (κ3) is 2.43. The Bertz CT molecular complexity index is 1030. The van der Waals surface area contributed by atoms with Crippen LogP contribution in [0.1, 0.15) is 51.0 Å². The van der Waals surface area contributed by atoms with Gasteiger partial charge in [0.25, 0.3) is 0 Å². The van der Waals surface area contributed by atoms with Crippen LogP contribution in [0, 0.1) is 5.41 Å². The highest BCUT2D eigenvalue weighted by Crippen LogP contribution is 2.48. The van der Waals surface area contributed by atoms with Crippen molar-refractivity contribution in [1.82, 2.24) is 0 Å². The number of phenols is 2. The molecule has 0 radical (unpaired) electrons. The Morgan fingerprint density at radius 2 is 1.86 bits per heavy atom. The predicted molar refractivity (Wildman–Crippen MR) is 101 cm³/mol. The fourth-order valence-corrected chi connectivity index (χ4v) is 4.35. The number of carbonyl (C=O) groups excluding carboxylic acids is 1. The lowest BCUT2D eigenvalue weighted by Gasteiger charge is -2.35. The van der Waals surface area contributed by atoms with Crippen molar-refractivity contribution in [3.8, 4) is 17.2 Å². The van der Waals surface area contributed by atoms with Crippen LogP contribution in [-0.4, -0.2) is 51.2 Å². The van der Waals surface area contributed by atoms with Crippen molar-refractivity contribution in [2.75, 3.05) is 13.7 Å². The van der Waals surface area contributed by atoms with Gasteiger partial charge in [-0.05, 0) is 25.3 Å². The van der Waals surface area contributed by atoms with Crippen molar-refractivity contribution in [1.29, 1.82) is 5.41 Å². The van der Waals surface area contributed by atoms with Gasteiger partial charge in [0, 0.05) is 29.7 Å². The van der Waals surface area contributed by atoms with Gasteiger partial charge in [0.2, 0.25) is 0 Å². The van der Waals surface area contributed by atoms with Crippen LogP contribution in [0.4, 0.5) is 0 Å². The first-order valence-electron chi connectivity index (χ1n) is 9.07. The highest BCUT2D eigenvalue weighted by atomic mass is 16.5. The van der Waals surface area contributed by atoms with E-state index in [1.54, 1.807) is 18.2 Å². The number of aliphatic hydroxyl groups excluding tert-OH is 1. The van der Waals surface area contributed by atoms with E-state index < -0.39 is 11.4 Å². The maximum atomic E-state index is 13.1. The molecule has 0 fully saturated rings. The van der Waals surface area contributed by atoms with Crippen molar-refractivity contribution < 1.29 is 30.0 Å². The molecule has 0 saturated carbocycles. The maximum absolute atomic E-state index is 13.1. The van der Waals surface area contributed by atoms with Crippen LogP contribution in [0.3, 0.4) is 0 Å². The number of aromatic hydroxyl groups is 2. The number of rotatable bonds is 3. The normalized spacial score (nSPS) is 20.4. The Kier molecular flexibility index (Phi) is 4.17. The number of methoxy groups -OCH3 is 1. The summed E-state index contributed by atoms with van der Waals surface area (Å²) in [5, 5.41) is 50.3. The molecule has 1 atom stereocenters. The maximum Gasteiger partial charge on any atom is 0.198 e. The minimum Gasteiger partial charge on any atom is -0.507 e. The van der Waals surface area contributed by atoms with E-state index in [4.69, 9.17) is 10.1 Å². The number of carbonyl (C=O) groups is 1. The zero-order valence-corrected chi connectivity index (χ0v) is 15.4. The van der Waals surface area contributed by atoms with E-state index in [-0.39, 0.29) is 65.3 Å². The van der Waals surface area contributed by atoms with Gasteiger partial charge in [-0.1, -0.05) is 12.1 Å². The van der Waals surface area contributed by atoms with Crippen molar-refractivity contribution in [2.45, 2.75) is 31.3 Å². The monoisotopic (exact) mass is 383 g/mol. The molecule has 0 saturated heterocycles. The molecule has 2 aromatic rings. The van der Waals surface area contributed by atoms with Crippen LogP contribution in [0.5, 0.6) is 17.2 Å². The molecule has 2 aromatic carbocycles. The Morgan fingerprint density at radius 1 is 1.14 bits per heavy atom. The van der Waals surface area contributed by atoms with E-state index in [1.165, 1.54) is 7.11 Å². The molecular formula is C21H21NO6. The molecule has 2 aliphatic carbocycles. The first kappa shape index (κ1) is 18.5. The topological polar surface area (TPSA) is 131 Å². The van der Waals surface area contributed by atoms with Crippen LogP contribution in [0.15, 0.2) is 18.2 Å². The van der Waals surface area contributed by atoms with Gasteiger partial charge in [-0.3, -0.25) is 10.2 Å². The number of benzene rings is 2. The van der Waals surface area contributed by atoms with Crippen molar-refractivity contribution >= 4 is 11.5 Å². The molecule has 0 amide bonds. The first-order chi connectivity index (χ1) is 13.3. The van der Waals surface area contributed by atoms with Crippen LogP contribution in [0.25, 0.3) is 0 Å². The molecule has 7 heteroatoms. The zero-order valence-electron chi connectivity index (χ0n) is 15.4. The summed E-state index contributed by atoms with van der Waals surface area (Å²) in [6.45, 7) is -0.208. The van der Waals surface area contributed by atoms with Gasteiger partial charge in [-0.2, -0.15) is 0 Å². The summed E-state index contributed by atoms with van der Waals surface area (Å²) in [6, 6.07) is 4.81. The fraction of sp³-hybridized carbons (Fsp3) is 0.333. The highest BCUT2D eigenvalue weighted by Gasteiger charge is 2.41. The van der Waals surface area contributed by atoms with E-state index in [0.717, 1.165) is 0 Å². The summed E-state index contributed by atoms with van der Waals surface area (Å²) in [7, 11) is 1.44. The number of hydrogen-bond acceptors (Lipinski definition) is 7. The highest BCUT2D eigenvalue weighted by molar-refractivity contribution is 6.32. The van der Waals surface area contributed by atoms with Crippen LogP contribution in [-0.2, 0) is 12.8 Å². The second kappa shape index (κ2) is 6.32. The van der Waals surface area contributed by atoms with Gasteiger partial charge in [-0.15, -0.1) is 0 Å². The standard InChI is InChI=1S/C21H21NO6/c1-28-13-4-2-3-11-14(13)17(22)15-16(19(11)25)20(26)12-9-21(27,7-8-23)6-5-10(12)18(15)24/h2-4,22-24,26-27H,5-9H2,1H3/t21-/m0/s1. The van der Waals surface area contributed by atoms with Gasteiger partial charge < -0.3 is 25.2 Å². The summed E-state index contributed by atoms with van der Waals surface area (Å²) in [4.78, 5) is 13.1. The summed E-state index contributed by atoms with van der Waals surface area (Å²) >= 11 is 0. The SMILES string of the molecule is COc1cccc2c1C(=N)c1c(O)c3c(c(O)c1C2=O)C[C@@](O)(CCO)CC3. The lowest BCUT2D eigenvalue weighted by atomic mass is 9.73. The zero-order chi connectivity index (χ0) is 20.2. The number of nitrogens with one attached hydrogen (secondary N) is 1. The lowest BCUT2D eigenvalue weighted by molar-refractivity contribution is 0.00271. The molecule has 0 aliphatic heterocycles. The number of hydrogen-bond donors (Lipinski definition) is 5. The largest absolute Gasteiger partial charge is 0.507 e. The van der Waals surface area contributed by atoms with Crippen LogP contribution >= 0.6 is 0 Å². The van der Waals surface area contributed by atoms with E-state index in [2.05, 4.69) is 0 Å². The quantitative estimate of drug-likeness (QED) is 0.437. The van der Waals surface area contributed by atoms with Crippen LogP contribution in [0.2, 0.25) is 0 Å². The fourth-order valence-electron chi connectivity index (χ4n) is 4.35. The van der Waals surface area contributed by atoms with Crippen LogP contribution < -0.4 is 4.74 Å². The Hall–Kier alpha value is -2.90.